The molecule has 4 rings (SSSR count). The number of hydrogen-bond donors (Lipinski definition) is 0. The van der Waals surface area contributed by atoms with Gasteiger partial charge >= 0.3 is 11.9 Å². The topological polar surface area (TPSA) is 61.8 Å². The summed E-state index contributed by atoms with van der Waals surface area (Å²) in [4.78, 5) is 24.3. The zero-order valence-corrected chi connectivity index (χ0v) is 14.5. The monoisotopic (exact) mass is 352 g/mol. The van der Waals surface area contributed by atoms with Crippen LogP contribution in [0.3, 0.4) is 0 Å². The molecule has 1 aliphatic carbocycles. The normalized spacial score (nSPS) is 21.2. The molecule has 0 bridgehead atoms. The molecule has 2 aliphatic rings. The van der Waals surface area contributed by atoms with Gasteiger partial charge in [-0.3, -0.25) is 9.59 Å². The van der Waals surface area contributed by atoms with Crippen LogP contribution in [0.25, 0.3) is 11.1 Å². The number of hydrogen-bond acceptors (Lipinski definition) is 5. The molecule has 0 radical (unpaired) electrons. The Morgan fingerprint density at radius 2 is 1.65 bits per heavy atom. The van der Waals surface area contributed by atoms with Crippen LogP contribution >= 0.6 is 0 Å². The van der Waals surface area contributed by atoms with Gasteiger partial charge in [0.15, 0.2) is 0 Å². The van der Waals surface area contributed by atoms with Crippen molar-refractivity contribution < 1.29 is 23.8 Å². The molecular formula is C21H20O5. The zero-order valence-electron chi connectivity index (χ0n) is 14.5. The quantitative estimate of drug-likeness (QED) is 0.775. The van der Waals surface area contributed by atoms with Crippen LogP contribution in [0, 0.1) is 11.8 Å². The van der Waals surface area contributed by atoms with E-state index in [1.807, 2.05) is 24.3 Å². The highest BCUT2D eigenvalue weighted by molar-refractivity contribution is 5.85. The van der Waals surface area contributed by atoms with Gasteiger partial charge in [-0.05, 0) is 22.3 Å². The van der Waals surface area contributed by atoms with Gasteiger partial charge in [-0.25, -0.2) is 0 Å². The summed E-state index contributed by atoms with van der Waals surface area (Å²) >= 11 is 0. The van der Waals surface area contributed by atoms with Crippen LogP contribution in [0.15, 0.2) is 48.5 Å². The highest BCUT2D eigenvalue weighted by Gasteiger charge is 2.43. The first-order valence-electron chi connectivity index (χ1n) is 8.71. The molecule has 5 heteroatoms. The summed E-state index contributed by atoms with van der Waals surface area (Å²) in [6.07, 6.45) is 0. The summed E-state index contributed by atoms with van der Waals surface area (Å²) in [5.41, 5.74) is 4.68. The van der Waals surface area contributed by atoms with E-state index >= 15 is 0 Å². The molecule has 1 aliphatic heterocycles. The number of methoxy groups -OCH3 is 1. The molecule has 2 atom stereocenters. The van der Waals surface area contributed by atoms with Crippen LogP contribution in [0.5, 0.6) is 0 Å². The second-order valence-electron chi connectivity index (χ2n) is 6.66. The summed E-state index contributed by atoms with van der Waals surface area (Å²) in [5.74, 6) is -1.99. The molecule has 0 aromatic heterocycles. The van der Waals surface area contributed by atoms with Crippen LogP contribution in [0.4, 0.5) is 0 Å². The molecular weight excluding hydrogens is 332 g/mol. The lowest BCUT2D eigenvalue weighted by Crippen LogP contribution is -2.30. The molecule has 134 valence electrons. The van der Waals surface area contributed by atoms with E-state index in [-0.39, 0.29) is 25.7 Å². The minimum Gasteiger partial charge on any atom is -0.464 e. The van der Waals surface area contributed by atoms with Gasteiger partial charge in [0.25, 0.3) is 0 Å². The van der Waals surface area contributed by atoms with Crippen molar-refractivity contribution in [1.82, 2.24) is 0 Å². The van der Waals surface area contributed by atoms with Crippen LogP contribution in [-0.4, -0.2) is 38.9 Å². The lowest BCUT2D eigenvalue weighted by atomic mass is 9.96. The minimum atomic E-state index is -0.602. The molecule has 0 spiro atoms. The average molecular weight is 352 g/mol. The largest absolute Gasteiger partial charge is 0.464 e. The minimum absolute atomic E-state index is 0.00486. The second-order valence-corrected chi connectivity index (χ2v) is 6.66. The van der Waals surface area contributed by atoms with Gasteiger partial charge in [0, 0.05) is 13.0 Å². The van der Waals surface area contributed by atoms with E-state index in [1.54, 1.807) is 0 Å². The number of carbonyl (C=O) groups excluding carboxylic acids is 2. The number of cyclic esters (lactones) is 1. The number of carbonyl (C=O) groups is 2. The lowest BCUT2D eigenvalue weighted by molar-refractivity contribution is -0.151. The highest BCUT2D eigenvalue weighted by atomic mass is 16.6. The Balaban J connectivity index is 1.51. The number of rotatable bonds is 5. The van der Waals surface area contributed by atoms with E-state index in [1.165, 1.54) is 18.2 Å². The maximum atomic E-state index is 12.5. The summed E-state index contributed by atoms with van der Waals surface area (Å²) < 4.78 is 15.7. The van der Waals surface area contributed by atoms with E-state index in [0.717, 1.165) is 11.1 Å². The Morgan fingerprint density at radius 1 is 1.04 bits per heavy atom. The predicted octanol–water partition coefficient (Wildman–Crippen LogP) is 2.78. The molecule has 0 N–H and O–H groups in total. The smallest absolute Gasteiger partial charge is 0.313 e. The fraction of sp³-hybridized carbons (Fsp3) is 0.333. The van der Waals surface area contributed by atoms with Gasteiger partial charge in [-0.1, -0.05) is 48.5 Å². The first-order chi connectivity index (χ1) is 12.7. The SMILES string of the molecule is COC[C@H]1C(=O)OCC1C(=O)OCC1c2ccccc2-c2ccccc21. The second kappa shape index (κ2) is 6.92. The van der Waals surface area contributed by atoms with Crippen molar-refractivity contribution in [3.05, 3.63) is 59.7 Å². The third kappa shape index (κ3) is 2.78. The maximum absolute atomic E-state index is 12.5. The van der Waals surface area contributed by atoms with Crippen molar-refractivity contribution in [2.75, 3.05) is 26.9 Å². The van der Waals surface area contributed by atoms with Crippen molar-refractivity contribution in [3.63, 3.8) is 0 Å². The maximum Gasteiger partial charge on any atom is 0.313 e. The van der Waals surface area contributed by atoms with Crippen LogP contribution in [0.2, 0.25) is 0 Å². The molecule has 26 heavy (non-hydrogen) atoms. The summed E-state index contributed by atoms with van der Waals surface area (Å²) in [7, 11) is 1.50. The van der Waals surface area contributed by atoms with E-state index in [2.05, 4.69) is 24.3 Å². The Kier molecular flexibility index (Phi) is 4.47. The summed E-state index contributed by atoms with van der Waals surface area (Å²) in [5, 5.41) is 0. The lowest BCUT2D eigenvalue weighted by Gasteiger charge is -2.17. The Bertz CT molecular complexity index is 798. The van der Waals surface area contributed by atoms with E-state index in [9.17, 15) is 9.59 Å². The Morgan fingerprint density at radius 3 is 2.27 bits per heavy atom. The van der Waals surface area contributed by atoms with Crippen molar-refractivity contribution in [3.8, 4) is 11.1 Å². The van der Waals surface area contributed by atoms with E-state index in [0.29, 0.717) is 0 Å². The third-order valence-corrected chi connectivity index (χ3v) is 5.20. The third-order valence-electron chi connectivity index (χ3n) is 5.20. The summed E-state index contributed by atoms with van der Waals surface area (Å²) in [6.45, 7) is 0.467. The molecule has 1 saturated heterocycles. The van der Waals surface area contributed by atoms with Crippen molar-refractivity contribution in [2.24, 2.45) is 11.8 Å². The van der Waals surface area contributed by atoms with Gasteiger partial charge < -0.3 is 14.2 Å². The van der Waals surface area contributed by atoms with Gasteiger partial charge in [0.1, 0.15) is 19.1 Å². The standard InChI is InChI=1S/C21H20O5/c1-24-10-18-19(12-26-20(18)22)21(23)25-11-17-15-8-4-2-6-13(15)14-7-3-5-9-16(14)17/h2-9,17-19H,10-12H2,1H3/t18-,19?/m1/s1. The Hall–Kier alpha value is -2.66. The van der Waals surface area contributed by atoms with Crippen LogP contribution in [-0.2, 0) is 23.8 Å². The molecule has 1 fully saturated rings. The molecule has 0 saturated carbocycles. The number of esters is 2. The molecule has 2 aromatic rings. The molecule has 5 nitrogen and oxygen atoms in total. The molecule has 1 unspecified atom stereocenters. The average Bonchev–Trinajstić information content (AvgIpc) is 3.19. The summed E-state index contributed by atoms with van der Waals surface area (Å²) in [6, 6.07) is 16.4. The highest BCUT2D eigenvalue weighted by Crippen LogP contribution is 2.44. The molecule has 2 aromatic carbocycles. The fourth-order valence-corrected chi connectivity index (χ4v) is 3.87. The Labute approximate surface area is 151 Å². The fourth-order valence-electron chi connectivity index (χ4n) is 3.87. The first kappa shape index (κ1) is 16.8. The van der Waals surface area contributed by atoms with Gasteiger partial charge in [-0.15, -0.1) is 0 Å². The van der Waals surface area contributed by atoms with Crippen molar-refractivity contribution in [1.29, 1.82) is 0 Å². The molecule has 1 heterocycles. The van der Waals surface area contributed by atoms with Gasteiger partial charge in [-0.2, -0.15) is 0 Å². The van der Waals surface area contributed by atoms with Crippen LogP contribution in [0.1, 0.15) is 17.0 Å². The molecule has 0 amide bonds. The van der Waals surface area contributed by atoms with Gasteiger partial charge in [0.2, 0.25) is 0 Å². The van der Waals surface area contributed by atoms with Gasteiger partial charge in [0.05, 0.1) is 12.5 Å². The number of benzene rings is 2. The van der Waals surface area contributed by atoms with Crippen LogP contribution < -0.4 is 0 Å². The van der Waals surface area contributed by atoms with Crippen molar-refractivity contribution >= 4 is 11.9 Å². The number of ether oxygens (including phenoxy) is 3. The van der Waals surface area contributed by atoms with E-state index < -0.39 is 23.8 Å². The van der Waals surface area contributed by atoms with E-state index in [4.69, 9.17) is 14.2 Å². The number of fused-ring (bicyclic) bond motifs is 3. The zero-order chi connectivity index (χ0) is 18.1. The first-order valence-corrected chi connectivity index (χ1v) is 8.71. The van der Waals surface area contributed by atoms with Crippen molar-refractivity contribution in [2.45, 2.75) is 5.92 Å². The predicted molar refractivity (Wildman–Crippen MR) is 94.5 cm³/mol.